The van der Waals surface area contributed by atoms with Crippen LogP contribution in [0, 0.1) is 5.92 Å². The Kier molecular flexibility index (Phi) is 5.05. The Bertz CT molecular complexity index is 463. The molecule has 0 bridgehead atoms. The number of nitrogens with two attached hydrogens (primary N) is 1. The van der Waals surface area contributed by atoms with Crippen molar-refractivity contribution in [3.63, 3.8) is 0 Å². The number of nitrogens with zero attached hydrogens (tertiary/aromatic N) is 1. The third-order valence-corrected chi connectivity index (χ3v) is 4.78. The number of amides is 1. The number of hydrogen-bond donors (Lipinski definition) is 2. The normalized spacial score (nSPS) is 26.4. The summed E-state index contributed by atoms with van der Waals surface area (Å²) in [6.45, 7) is 1.97. The van der Waals surface area contributed by atoms with Crippen molar-refractivity contribution in [1.82, 2.24) is 4.90 Å². The van der Waals surface area contributed by atoms with E-state index < -0.39 is 29.4 Å². The Morgan fingerprint density at radius 3 is 2.55 bits per heavy atom. The van der Waals surface area contributed by atoms with E-state index in [1.165, 1.54) is 0 Å². The van der Waals surface area contributed by atoms with E-state index in [0.717, 1.165) is 24.2 Å². The molecule has 1 aliphatic carbocycles. The third kappa shape index (κ3) is 2.82. The number of ether oxygens (including phenoxy) is 1. The van der Waals surface area contributed by atoms with Gasteiger partial charge in [0.25, 0.3) is 0 Å². The molecule has 2 fully saturated rings. The molecule has 0 radical (unpaired) electrons. The molecule has 2 rings (SSSR count). The Balaban J connectivity index is 2.20. The van der Waals surface area contributed by atoms with Gasteiger partial charge in [-0.15, -0.1) is 0 Å². The molecule has 1 heterocycles. The summed E-state index contributed by atoms with van der Waals surface area (Å²) in [4.78, 5) is 37.7. The monoisotopic (exact) mass is 312 g/mol. The predicted octanol–water partition coefficient (Wildman–Crippen LogP) is 1.15. The summed E-state index contributed by atoms with van der Waals surface area (Å²) in [5.74, 6) is -1.49. The van der Waals surface area contributed by atoms with E-state index in [1.807, 2.05) is 0 Å². The second-order valence-electron chi connectivity index (χ2n) is 6.12. The minimum atomic E-state index is -1.87. The van der Waals surface area contributed by atoms with Gasteiger partial charge in [-0.1, -0.05) is 19.3 Å². The lowest BCUT2D eigenvalue weighted by molar-refractivity contribution is -0.155. The van der Waals surface area contributed by atoms with Gasteiger partial charge in [0.15, 0.2) is 5.78 Å². The second-order valence-corrected chi connectivity index (χ2v) is 6.12. The van der Waals surface area contributed by atoms with Crippen LogP contribution in [0.2, 0.25) is 0 Å². The zero-order chi connectivity index (χ0) is 16.3. The van der Waals surface area contributed by atoms with Crippen LogP contribution < -0.4 is 5.73 Å². The van der Waals surface area contributed by atoms with Crippen LogP contribution >= 0.6 is 0 Å². The van der Waals surface area contributed by atoms with Gasteiger partial charge in [0.1, 0.15) is 0 Å². The molecule has 2 atom stereocenters. The van der Waals surface area contributed by atoms with Crippen molar-refractivity contribution in [2.24, 2.45) is 11.7 Å². The molecule has 22 heavy (non-hydrogen) atoms. The zero-order valence-corrected chi connectivity index (χ0v) is 12.9. The molecule has 0 aromatic rings. The summed E-state index contributed by atoms with van der Waals surface area (Å²) in [6, 6.07) is -0.851. The van der Waals surface area contributed by atoms with Gasteiger partial charge in [0.2, 0.25) is 5.54 Å². The van der Waals surface area contributed by atoms with Gasteiger partial charge in [-0.05, 0) is 32.1 Å². The number of carboxylic acids is 1. The van der Waals surface area contributed by atoms with Crippen molar-refractivity contribution in [1.29, 1.82) is 0 Å². The molecule has 0 unspecified atom stereocenters. The molecule has 1 saturated carbocycles. The van der Waals surface area contributed by atoms with Crippen molar-refractivity contribution >= 4 is 17.8 Å². The highest BCUT2D eigenvalue weighted by atomic mass is 16.6. The largest absolute Gasteiger partial charge is 0.479 e. The summed E-state index contributed by atoms with van der Waals surface area (Å²) >= 11 is 0. The van der Waals surface area contributed by atoms with E-state index in [-0.39, 0.29) is 19.6 Å². The molecule has 1 amide bonds. The second kappa shape index (κ2) is 6.64. The van der Waals surface area contributed by atoms with Crippen LogP contribution in [0.15, 0.2) is 0 Å². The summed E-state index contributed by atoms with van der Waals surface area (Å²) in [6.07, 6.45) is 3.47. The number of likely N-dealkylation sites (tertiary alicyclic amines) is 1. The fourth-order valence-corrected chi connectivity index (χ4v) is 3.35. The Hall–Kier alpha value is -1.63. The van der Waals surface area contributed by atoms with Gasteiger partial charge in [0.05, 0.1) is 12.6 Å². The van der Waals surface area contributed by atoms with Crippen molar-refractivity contribution in [3.05, 3.63) is 0 Å². The fourth-order valence-electron chi connectivity index (χ4n) is 3.35. The van der Waals surface area contributed by atoms with E-state index in [4.69, 9.17) is 10.5 Å². The molecule has 0 spiro atoms. The summed E-state index contributed by atoms with van der Waals surface area (Å²) in [5.41, 5.74) is 4.11. The summed E-state index contributed by atoms with van der Waals surface area (Å²) < 4.78 is 4.91. The first-order chi connectivity index (χ1) is 10.4. The van der Waals surface area contributed by atoms with Crippen LogP contribution in [0.1, 0.15) is 45.4 Å². The lowest BCUT2D eigenvalue weighted by Gasteiger charge is -2.36. The molecule has 3 N–H and O–H groups in total. The highest BCUT2D eigenvalue weighted by Gasteiger charge is 2.57. The standard InChI is InChI=1S/C15H24N2O5/c1-2-22-14(21)17-8-4-7-15(17,13(19)20)12(18)11(16)9-10-5-3-6-10/h10-11H,2-9,16H2,1H3,(H,19,20)/t11-,15+/m0/s1. The smallest absolute Gasteiger partial charge is 0.411 e. The number of ketones is 1. The highest BCUT2D eigenvalue weighted by Crippen LogP contribution is 2.35. The van der Waals surface area contributed by atoms with Crippen molar-refractivity contribution < 1.29 is 24.2 Å². The Labute approximate surface area is 129 Å². The lowest BCUT2D eigenvalue weighted by Crippen LogP contribution is -2.63. The van der Waals surface area contributed by atoms with Crippen LogP contribution in [0.4, 0.5) is 4.79 Å². The lowest BCUT2D eigenvalue weighted by atomic mass is 9.77. The highest BCUT2D eigenvalue weighted by molar-refractivity contribution is 6.12. The van der Waals surface area contributed by atoms with Crippen LogP contribution in [0.3, 0.4) is 0 Å². The van der Waals surface area contributed by atoms with Crippen LogP contribution in [-0.2, 0) is 14.3 Å². The van der Waals surface area contributed by atoms with E-state index in [0.29, 0.717) is 18.8 Å². The number of carbonyl (C=O) groups excluding carboxylic acids is 2. The third-order valence-electron chi connectivity index (χ3n) is 4.78. The summed E-state index contributed by atoms with van der Waals surface area (Å²) in [5, 5.41) is 9.65. The van der Waals surface area contributed by atoms with Gasteiger partial charge >= 0.3 is 12.1 Å². The molecular weight excluding hydrogens is 288 g/mol. The maximum Gasteiger partial charge on any atom is 0.411 e. The van der Waals surface area contributed by atoms with Gasteiger partial charge in [-0.3, -0.25) is 9.69 Å². The molecule has 2 aliphatic rings. The molecule has 1 aliphatic heterocycles. The first-order valence-electron chi connectivity index (χ1n) is 7.91. The molecule has 0 aromatic heterocycles. The Morgan fingerprint density at radius 2 is 2.05 bits per heavy atom. The van der Waals surface area contributed by atoms with Crippen LogP contribution in [0.25, 0.3) is 0 Å². The summed E-state index contributed by atoms with van der Waals surface area (Å²) in [7, 11) is 0. The first-order valence-corrected chi connectivity index (χ1v) is 7.91. The van der Waals surface area contributed by atoms with Crippen molar-refractivity contribution in [3.8, 4) is 0 Å². The molecule has 7 nitrogen and oxygen atoms in total. The average Bonchev–Trinajstić information content (AvgIpc) is 2.88. The molecule has 0 aromatic carbocycles. The maximum atomic E-state index is 12.7. The quantitative estimate of drug-likeness (QED) is 0.712. The minimum Gasteiger partial charge on any atom is -0.479 e. The van der Waals surface area contributed by atoms with Crippen LogP contribution in [-0.4, -0.2) is 52.6 Å². The average molecular weight is 312 g/mol. The van der Waals surface area contributed by atoms with Gasteiger partial charge < -0.3 is 15.6 Å². The molecule has 7 heteroatoms. The van der Waals surface area contributed by atoms with E-state index in [9.17, 15) is 19.5 Å². The number of carbonyl (C=O) groups is 3. The number of rotatable bonds is 6. The van der Waals surface area contributed by atoms with Gasteiger partial charge in [-0.2, -0.15) is 0 Å². The van der Waals surface area contributed by atoms with E-state index in [1.54, 1.807) is 6.92 Å². The zero-order valence-electron chi connectivity index (χ0n) is 12.9. The number of hydrogen-bond acceptors (Lipinski definition) is 5. The molecular formula is C15H24N2O5. The number of carboxylic acid groups (broad SMARTS) is 1. The Morgan fingerprint density at radius 1 is 1.36 bits per heavy atom. The van der Waals surface area contributed by atoms with Gasteiger partial charge in [-0.25, -0.2) is 9.59 Å². The first kappa shape index (κ1) is 16.7. The van der Waals surface area contributed by atoms with Crippen molar-refractivity contribution in [2.45, 2.75) is 57.0 Å². The maximum absolute atomic E-state index is 12.7. The van der Waals surface area contributed by atoms with Crippen molar-refractivity contribution in [2.75, 3.05) is 13.2 Å². The number of Topliss-reactive ketones (excluding diaryl/α,β-unsaturated/α-hetero) is 1. The van der Waals surface area contributed by atoms with E-state index >= 15 is 0 Å². The molecule has 124 valence electrons. The molecule has 1 saturated heterocycles. The SMILES string of the molecule is CCOC(=O)N1CCC[C@]1(C(=O)O)C(=O)[C@@H](N)CC1CCC1. The van der Waals surface area contributed by atoms with E-state index in [2.05, 4.69) is 0 Å². The number of aliphatic carboxylic acids is 1. The predicted molar refractivity (Wildman–Crippen MR) is 78.3 cm³/mol. The van der Waals surface area contributed by atoms with Gasteiger partial charge in [0, 0.05) is 6.54 Å². The topological polar surface area (TPSA) is 110 Å². The minimum absolute atomic E-state index is 0.0956. The fraction of sp³-hybridized carbons (Fsp3) is 0.800. The van der Waals surface area contributed by atoms with Crippen LogP contribution in [0.5, 0.6) is 0 Å².